The number of fused-ring (bicyclic) bond motifs is 1. The average Bonchev–Trinajstić information content (AvgIpc) is 2.82. The lowest BCUT2D eigenvalue weighted by molar-refractivity contribution is 0.0796. The highest BCUT2D eigenvalue weighted by atomic mass is 16.5. The molecule has 0 bridgehead atoms. The van der Waals surface area contributed by atoms with Crippen molar-refractivity contribution in [3.05, 3.63) is 72.1 Å². The molecule has 0 N–H and O–H groups in total. The Labute approximate surface area is 191 Å². The summed E-state index contributed by atoms with van der Waals surface area (Å²) in [5, 5.41) is 2.14. The Morgan fingerprint density at radius 1 is 1.09 bits per heavy atom. The molecular formula is C27H33N3O2. The lowest BCUT2D eigenvalue weighted by Crippen LogP contribution is -2.41. The number of ether oxygens (including phenoxy) is 1. The van der Waals surface area contributed by atoms with Crippen molar-refractivity contribution in [2.75, 3.05) is 26.7 Å². The number of aromatic nitrogens is 1. The van der Waals surface area contributed by atoms with Gasteiger partial charge in [-0.1, -0.05) is 18.2 Å². The molecule has 0 radical (unpaired) electrons. The van der Waals surface area contributed by atoms with Crippen LogP contribution in [0, 0.1) is 0 Å². The van der Waals surface area contributed by atoms with E-state index in [1.54, 1.807) is 11.1 Å². The van der Waals surface area contributed by atoms with Crippen LogP contribution in [0.5, 0.6) is 5.75 Å². The van der Waals surface area contributed by atoms with Gasteiger partial charge in [-0.15, -0.1) is 0 Å². The van der Waals surface area contributed by atoms with E-state index in [1.807, 2.05) is 49.5 Å². The van der Waals surface area contributed by atoms with Gasteiger partial charge in [-0.2, -0.15) is 0 Å². The molecule has 0 unspecified atom stereocenters. The predicted molar refractivity (Wildman–Crippen MR) is 129 cm³/mol. The monoisotopic (exact) mass is 431 g/mol. The number of likely N-dealkylation sites (tertiary alicyclic amines) is 1. The molecule has 0 aliphatic carbocycles. The van der Waals surface area contributed by atoms with E-state index in [4.69, 9.17) is 4.74 Å². The van der Waals surface area contributed by atoms with Crippen molar-refractivity contribution >= 4 is 16.7 Å². The quantitative estimate of drug-likeness (QED) is 0.539. The fourth-order valence-electron chi connectivity index (χ4n) is 4.28. The van der Waals surface area contributed by atoms with Gasteiger partial charge in [0.15, 0.2) is 0 Å². The Kier molecular flexibility index (Phi) is 7.05. The van der Waals surface area contributed by atoms with Gasteiger partial charge in [-0.25, -0.2) is 0 Å². The molecule has 1 aliphatic heterocycles. The van der Waals surface area contributed by atoms with Crippen molar-refractivity contribution in [1.82, 2.24) is 14.8 Å². The summed E-state index contributed by atoms with van der Waals surface area (Å²) in [5.41, 5.74) is 1.70. The van der Waals surface area contributed by atoms with E-state index in [0.29, 0.717) is 18.2 Å². The first-order chi connectivity index (χ1) is 15.5. The molecule has 1 saturated heterocycles. The Morgan fingerprint density at radius 3 is 2.56 bits per heavy atom. The third-order valence-electron chi connectivity index (χ3n) is 6.34. The SMILES string of the molecule is CC(C)N1CCC(Oc2ccc3cc(C(=O)N(C)CCc4ccccn4)ccc3c2)CC1. The molecule has 1 aliphatic rings. The summed E-state index contributed by atoms with van der Waals surface area (Å²) < 4.78 is 6.27. The summed E-state index contributed by atoms with van der Waals surface area (Å²) in [7, 11) is 1.84. The van der Waals surface area contributed by atoms with E-state index in [1.165, 1.54) is 0 Å². The van der Waals surface area contributed by atoms with Crippen molar-refractivity contribution in [2.45, 2.75) is 45.3 Å². The number of hydrogen-bond acceptors (Lipinski definition) is 4. The van der Waals surface area contributed by atoms with Crippen molar-refractivity contribution in [3.63, 3.8) is 0 Å². The molecule has 2 heterocycles. The first-order valence-corrected chi connectivity index (χ1v) is 11.6. The van der Waals surface area contributed by atoms with Crippen molar-refractivity contribution in [1.29, 1.82) is 0 Å². The van der Waals surface area contributed by atoms with Gasteiger partial charge in [0.2, 0.25) is 0 Å². The minimum atomic E-state index is 0.0278. The fourth-order valence-corrected chi connectivity index (χ4v) is 4.28. The van der Waals surface area contributed by atoms with Crippen molar-refractivity contribution in [3.8, 4) is 5.75 Å². The topological polar surface area (TPSA) is 45.7 Å². The highest BCUT2D eigenvalue weighted by molar-refractivity contribution is 5.98. The molecule has 5 heteroatoms. The van der Waals surface area contributed by atoms with Gasteiger partial charge in [-0.05, 0) is 73.9 Å². The van der Waals surface area contributed by atoms with Gasteiger partial charge in [0, 0.05) is 56.6 Å². The Hall–Kier alpha value is -2.92. The second-order valence-corrected chi connectivity index (χ2v) is 8.97. The molecule has 168 valence electrons. The van der Waals surface area contributed by atoms with Crippen LogP contribution < -0.4 is 4.74 Å². The number of pyridine rings is 1. The first kappa shape index (κ1) is 22.3. The van der Waals surface area contributed by atoms with Crippen LogP contribution in [0.1, 0.15) is 42.7 Å². The fraction of sp³-hybridized carbons (Fsp3) is 0.407. The molecule has 5 nitrogen and oxygen atoms in total. The lowest BCUT2D eigenvalue weighted by atomic mass is 10.0. The Balaban J connectivity index is 1.37. The average molecular weight is 432 g/mol. The molecule has 3 aromatic rings. The number of piperidine rings is 1. The molecular weight excluding hydrogens is 398 g/mol. The summed E-state index contributed by atoms with van der Waals surface area (Å²) in [6.07, 6.45) is 4.93. The highest BCUT2D eigenvalue weighted by Gasteiger charge is 2.22. The number of rotatable bonds is 7. The molecule has 0 atom stereocenters. The van der Waals surface area contributed by atoms with Crippen LogP contribution in [-0.4, -0.2) is 59.5 Å². The maximum atomic E-state index is 12.9. The van der Waals surface area contributed by atoms with Crippen LogP contribution >= 0.6 is 0 Å². The van der Waals surface area contributed by atoms with E-state index in [-0.39, 0.29) is 12.0 Å². The normalized spacial score (nSPS) is 15.2. The first-order valence-electron chi connectivity index (χ1n) is 11.6. The lowest BCUT2D eigenvalue weighted by Gasteiger charge is -2.34. The molecule has 1 fully saturated rings. The third-order valence-corrected chi connectivity index (χ3v) is 6.34. The maximum Gasteiger partial charge on any atom is 0.253 e. The van der Waals surface area contributed by atoms with Crippen LogP contribution in [0.2, 0.25) is 0 Å². The second-order valence-electron chi connectivity index (χ2n) is 8.97. The number of hydrogen-bond donors (Lipinski definition) is 0. The zero-order chi connectivity index (χ0) is 22.5. The zero-order valence-electron chi connectivity index (χ0n) is 19.3. The third kappa shape index (κ3) is 5.46. The molecule has 32 heavy (non-hydrogen) atoms. The summed E-state index contributed by atoms with van der Waals surface area (Å²) in [5.74, 6) is 0.937. The highest BCUT2D eigenvalue weighted by Crippen LogP contribution is 2.25. The van der Waals surface area contributed by atoms with Crippen molar-refractivity contribution < 1.29 is 9.53 Å². The van der Waals surface area contributed by atoms with E-state index in [2.05, 4.69) is 35.9 Å². The van der Waals surface area contributed by atoms with Crippen LogP contribution in [0.15, 0.2) is 60.8 Å². The van der Waals surface area contributed by atoms with Crippen molar-refractivity contribution in [2.24, 2.45) is 0 Å². The molecule has 4 rings (SSSR count). The van der Waals surface area contributed by atoms with E-state index >= 15 is 0 Å². The van der Waals surface area contributed by atoms with Gasteiger partial charge in [0.25, 0.3) is 5.91 Å². The number of carbonyl (C=O) groups is 1. The number of benzene rings is 2. The molecule has 0 saturated carbocycles. The van der Waals surface area contributed by atoms with Gasteiger partial charge >= 0.3 is 0 Å². The number of carbonyl (C=O) groups excluding carboxylic acids is 1. The molecule has 0 spiro atoms. The largest absolute Gasteiger partial charge is 0.490 e. The van der Waals surface area contributed by atoms with Crippen LogP contribution in [0.3, 0.4) is 0 Å². The van der Waals surface area contributed by atoms with Gasteiger partial charge in [0.1, 0.15) is 11.9 Å². The molecule has 2 aromatic carbocycles. The van der Waals surface area contributed by atoms with Crippen LogP contribution in [0.25, 0.3) is 10.8 Å². The maximum absolute atomic E-state index is 12.9. The smallest absolute Gasteiger partial charge is 0.253 e. The standard InChI is InChI=1S/C27H33N3O2/c1-20(2)30-16-12-25(13-17-30)32-26-10-9-21-18-23(8-7-22(21)19-26)27(31)29(3)15-11-24-6-4-5-14-28-24/h4-10,14,18-20,25H,11-13,15-17H2,1-3H3. The van der Waals surface area contributed by atoms with E-state index < -0.39 is 0 Å². The van der Waals surface area contributed by atoms with Gasteiger partial charge < -0.3 is 14.5 Å². The van der Waals surface area contributed by atoms with Gasteiger partial charge in [0.05, 0.1) is 0 Å². The predicted octanol–water partition coefficient (Wildman–Crippen LogP) is 4.80. The Morgan fingerprint density at radius 2 is 1.84 bits per heavy atom. The van der Waals surface area contributed by atoms with Crippen LogP contribution in [0.4, 0.5) is 0 Å². The summed E-state index contributed by atoms with van der Waals surface area (Å²) >= 11 is 0. The number of likely N-dealkylation sites (N-methyl/N-ethyl adjacent to an activating group) is 1. The summed E-state index contributed by atoms with van der Waals surface area (Å²) in [6, 6.07) is 18.5. The minimum absolute atomic E-state index is 0.0278. The van der Waals surface area contributed by atoms with E-state index in [9.17, 15) is 4.79 Å². The second kappa shape index (κ2) is 10.1. The number of nitrogens with zero attached hydrogens (tertiary/aromatic N) is 3. The molecule has 1 amide bonds. The van der Waals surface area contributed by atoms with Crippen LogP contribution in [-0.2, 0) is 6.42 Å². The van der Waals surface area contributed by atoms with E-state index in [0.717, 1.165) is 54.6 Å². The summed E-state index contributed by atoms with van der Waals surface area (Å²) in [6.45, 7) is 7.32. The number of amides is 1. The minimum Gasteiger partial charge on any atom is -0.490 e. The molecule has 1 aromatic heterocycles. The van der Waals surface area contributed by atoms with Gasteiger partial charge in [-0.3, -0.25) is 9.78 Å². The zero-order valence-corrected chi connectivity index (χ0v) is 19.3. The summed E-state index contributed by atoms with van der Waals surface area (Å²) in [4.78, 5) is 21.5. The Bertz CT molecular complexity index is 1040.